The lowest BCUT2D eigenvalue weighted by Gasteiger charge is -2.21. The molecule has 2 atom stereocenters. The van der Waals surface area contributed by atoms with Crippen molar-refractivity contribution in [1.82, 2.24) is 0 Å². The Morgan fingerprint density at radius 3 is 2.50 bits per heavy atom. The van der Waals surface area contributed by atoms with Gasteiger partial charge in [-0.1, -0.05) is 12.1 Å². The van der Waals surface area contributed by atoms with Gasteiger partial charge in [-0.25, -0.2) is 4.39 Å². The maximum atomic E-state index is 13.2. The molecule has 0 aliphatic rings. The van der Waals surface area contributed by atoms with Crippen LogP contribution in [-0.2, 0) is 4.74 Å². The summed E-state index contributed by atoms with van der Waals surface area (Å²) in [6, 6.07) is 6.71. The van der Waals surface area contributed by atoms with Crippen LogP contribution in [0.1, 0.15) is 13.8 Å². The molecule has 0 aliphatic heterocycles. The van der Waals surface area contributed by atoms with Crippen molar-refractivity contribution in [2.45, 2.75) is 26.0 Å². The molecular formula is C11H16FNO. The zero-order valence-corrected chi connectivity index (χ0v) is 8.75. The van der Waals surface area contributed by atoms with Gasteiger partial charge in [-0.05, 0) is 26.0 Å². The Kier molecular flexibility index (Phi) is 3.89. The normalized spacial score (nSPS) is 14.9. The van der Waals surface area contributed by atoms with Gasteiger partial charge in [0.15, 0.2) is 0 Å². The summed E-state index contributed by atoms with van der Waals surface area (Å²) in [4.78, 5) is 0. The van der Waals surface area contributed by atoms with Crippen molar-refractivity contribution in [3.8, 4) is 0 Å². The lowest BCUT2D eigenvalue weighted by atomic mass is 10.2. The number of nitrogens with one attached hydrogen (secondary N) is 1. The van der Waals surface area contributed by atoms with Gasteiger partial charge in [0.1, 0.15) is 5.82 Å². The first-order chi connectivity index (χ1) is 6.65. The molecule has 0 saturated heterocycles. The van der Waals surface area contributed by atoms with Gasteiger partial charge in [0.25, 0.3) is 0 Å². The third-order valence-electron chi connectivity index (χ3n) is 2.33. The Morgan fingerprint density at radius 2 is 1.93 bits per heavy atom. The number of methoxy groups -OCH3 is 1. The summed E-state index contributed by atoms with van der Waals surface area (Å²) in [5.74, 6) is -0.234. The fraction of sp³-hybridized carbons (Fsp3) is 0.455. The van der Waals surface area contributed by atoms with E-state index in [9.17, 15) is 4.39 Å². The van der Waals surface area contributed by atoms with E-state index in [4.69, 9.17) is 4.74 Å². The van der Waals surface area contributed by atoms with E-state index in [-0.39, 0.29) is 18.0 Å². The van der Waals surface area contributed by atoms with E-state index in [1.165, 1.54) is 6.07 Å². The third kappa shape index (κ3) is 2.70. The molecule has 0 aliphatic carbocycles. The van der Waals surface area contributed by atoms with Crippen LogP contribution in [0.3, 0.4) is 0 Å². The predicted molar refractivity (Wildman–Crippen MR) is 56.0 cm³/mol. The van der Waals surface area contributed by atoms with Gasteiger partial charge in [0, 0.05) is 13.2 Å². The van der Waals surface area contributed by atoms with Crippen LogP contribution in [0, 0.1) is 5.82 Å². The molecule has 3 heteroatoms. The molecule has 0 aromatic heterocycles. The molecular weight excluding hydrogens is 181 g/mol. The fourth-order valence-corrected chi connectivity index (χ4v) is 1.15. The standard InChI is InChI=1S/C11H16FNO/c1-8(9(2)14-3)13-11-7-5-4-6-10(11)12/h4-9,13H,1-3H3. The minimum atomic E-state index is -0.234. The van der Waals surface area contributed by atoms with Crippen molar-refractivity contribution in [3.63, 3.8) is 0 Å². The van der Waals surface area contributed by atoms with Gasteiger partial charge in [-0.15, -0.1) is 0 Å². The second-order valence-electron chi connectivity index (χ2n) is 3.35. The molecule has 0 amide bonds. The molecule has 78 valence electrons. The van der Waals surface area contributed by atoms with Crippen LogP contribution in [0.25, 0.3) is 0 Å². The molecule has 0 spiro atoms. The SMILES string of the molecule is COC(C)C(C)Nc1ccccc1F. The minimum Gasteiger partial charge on any atom is -0.380 e. The van der Waals surface area contributed by atoms with E-state index in [0.29, 0.717) is 5.69 Å². The molecule has 1 rings (SSSR count). The van der Waals surface area contributed by atoms with Gasteiger partial charge in [0.2, 0.25) is 0 Å². The van der Waals surface area contributed by atoms with E-state index in [1.54, 1.807) is 25.3 Å². The van der Waals surface area contributed by atoms with Crippen LogP contribution in [-0.4, -0.2) is 19.3 Å². The van der Waals surface area contributed by atoms with Gasteiger partial charge in [-0.2, -0.15) is 0 Å². The molecule has 0 radical (unpaired) electrons. The largest absolute Gasteiger partial charge is 0.380 e. The highest BCUT2D eigenvalue weighted by Crippen LogP contribution is 2.14. The minimum absolute atomic E-state index is 0.0506. The van der Waals surface area contributed by atoms with Gasteiger partial charge < -0.3 is 10.1 Å². The summed E-state index contributed by atoms with van der Waals surface area (Å²) in [7, 11) is 1.64. The second-order valence-corrected chi connectivity index (χ2v) is 3.35. The maximum Gasteiger partial charge on any atom is 0.146 e. The molecule has 1 N–H and O–H groups in total. The summed E-state index contributed by atoms with van der Waals surface area (Å²) < 4.78 is 18.4. The summed E-state index contributed by atoms with van der Waals surface area (Å²) in [5.41, 5.74) is 0.518. The number of para-hydroxylation sites is 1. The van der Waals surface area contributed by atoms with Crippen LogP contribution in [0.2, 0.25) is 0 Å². The highest BCUT2D eigenvalue weighted by atomic mass is 19.1. The van der Waals surface area contributed by atoms with E-state index < -0.39 is 0 Å². The Bertz CT molecular complexity index is 290. The molecule has 0 saturated carbocycles. The number of halogens is 1. The molecule has 1 aromatic rings. The average Bonchev–Trinajstić information content (AvgIpc) is 2.20. The molecule has 1 aromatic carbocycles. The lowest BCUT2D eigenvalue weighted by Crippen LogP contribution is -2.29. The number of hydrogen-bond acceptors (Lipinski definition) is 2. The van der Waals surface area contributed by atoms with Crippen molar-refractivity contribution in [3.05, 3.63) is 30.1 Å². The Hall–Kier alpha value is -1.09. The average molecular weight is 197 g/mol. The number of hydrogen-bond donors (Lipinski definition) is 1. The summed E-state index contributed by atoms with van der Waals surface area (Å²) in [6.45, 7) is 3.90. The smallest absolute Gasteiger partial charge is 0.146 e. The summed E-state index contributed by atoms with van der Waals surface area (Å²) in [6.07, 6.45) is 0.0506. The summed E-state index contributed by atoms with van der Waals surface area (Å²) >= 11 is 0. The molecule has 0 heterocycles. The third-order valence-corrected chi connectivity index (χ3v) is 2.33. The van der Waals surface area contributed by atoms with Gasteiger partial charge >= 0.3 is 0 Å². The van der Waals surface area contributed by atoms with Crippen molar-refractivity contribution in [1.29, 1.82) is 0 Å². The van der Waals surface area contributed by atoms with E-state index in [0.717, 1.165) is 0 Å². The number of rotatable bonds is 4. The molecule has 2 nitrogen and oxygen atoms in total. The Balaban J connectivity index is 2.64. The van der Waals surface area contributed by atoms with Crippen molar-refractivity contribution < 1.29 is 9.13 Å². The first kappa shape index (κ1) is 11.0. The zero-order chi connectivity index (χ0) is 10.6. The number of ether oxygens (including phenoxy) is 1. The van der Waals surface area contributed by atoms with Crippen LogP contribution in [0.4, 0.5) is 10.1 Å². The van der Waals surface area contributed by atoms with Crippen LogP contribution >= 0.6 is 0 Å². The molecule has 0 fully saturated rings. The topological polar surface area (TPSA) is 21.3 Å². The zero-order valence-electron chi connectivity index (χ0n) is 8.75. The predicted octanol–water partition coefficient (Wildman–Crippen LogP) is 2.66. The van der Waals surface area contributed by atoms with E-state index in [1.807, 2.05) is 13.8 Å². The summed E-state index contributed by atoms with van der Waals surface area (Å²) in [5, 5.41) is 3.06. The van der Waals surface area contributed by atoms with Crippen LogP contribution < -0.4 is 5.32 Å². The molecule has 14 heavy (non-hydrogen) atoms. The lowest BCUT2D eigenvalue weighted by molar-refractivity contribution is 0.106. The number of anilines is 1. The van der Waals surface area contributed by atoms with E-state index in [2.05, 4.69) is 5.32 Å². The van der Waals surface area contributed by atoms with Crippen molar-refractivity contribution >= 4 is 5.69 Å². The highest BCUT2D eigenvalue weighted by Gasteiger charge is 2.11. The van der Waals surface area contributed by atoms with Crippen LogP contribution in [0.5, 0.6) is 0 Å². The quantitative estimate of drug-likeness (QED) is 0.801. The number of benzene rings is 1. The van der Waals surface area contributed by atoms with Crippen molar-refractivity contribution in [2.75, 3.05) is 12.4 Å². The molecule has 2 unspecified atom stereocenters. The molecule has 0 bridgehead atoms. The van der Waals surface area contributed by atoms with Gasteiger partial charge in [-0.3, -0.25) is 0 Å². The maximum absolute atomic E-state index is 13.2. The Labute approximate surface area is 84.1 Å². The van der Waals surface area contributed by atoms with E-state index >= 15 is 0 Å². The first-order valence-electron chi connectivity index (χ1n) is 4.69. The van der Waals surface area contributed by atoms with Crippen molar-refractivity contribution in [2.24, 2.45) is 0 Å². The first-order valence-corrected chi connectivity index (χ1v) is 4.69. The van der Waals surface area contributed by atoms with Crippen LogP contribution in [0.15, 0.2) is 24.3 Å². The monoisotopic (exact) mass is 197 g/mol. The Morgan fingerprint density at radius 1 is 1.29 bits per heavy atom. The highest BCUT2D eigenvalue weighted by molar-refractivity contribution is 5.45. The second kappa shape index (κ2) is 4.96. The fourth-order valence-electron chi connectivity index (χ4n) is 1.15. The van der Waals surface area contributed by atoms with Gasteiger partial charge in [0.05, 0.1) is 11.8 Å².